The Labute approximate surface area is 164 Å². The van der Waals surface area contributed by atoms with Gasteiger partial charge in [0.15, 0.2) is 17.5 Å². The zero-order valence-corrected chi connectivity index (χ0v) is 17.9. The van der Waals surface area contributed by atoms with Crippen molar-refractivity contribution in [2.45, 2.75) is 45.4 Å². The highest BCUT2D eigenvalue weighted by Crippen LogP contribution is 2.32. The second kappa shape index (κ2) is 12.4. The molecule has 1 aromatic rings. The van der Waals surface area contributed by atoms with E-state index in [1.807, 2.05) is 12.1 Å². The molecule has 0 atom stereocenters. The molecule has 1 aromatic carbocycles. The molecule has 0 saturated carbocycles. The van der Waals surface area contributed by atoms with Gasteiger partial charge in [-0.2, -0.15) is 0 Å². The predicted octanol–water partition coefficient (Wildman–Crippen LogP) is 3.35. The van der Waals surface area contributed by atoms with Gasteiger partial charge in [-0.1, -0.05) is 33.3 Å². The number of hydrogen-bond donors (Lipinski definition) is 2. The maximum absolute atomic E-state index is 5.58. The van der Waals surface area contributed by atoms with Crippen LogP contribution in [0.3, 0.4) is 0 Å². The van der Waals surface area contributed by atoms with Crippen molar-refractivity contribution in [3.63, 3.8) is 0 Å². The summed E-state index contributed by atoms with van der Waals surface area (Å²) in [6.07, 6.45) is 3.26. The number of nitrogens with zero attached hydrogens (tertiary/aromatic N) is 1. The van der Waals surface area contributed by atoms with Crippen molar-refractivity contribution in [3.05, 3.63) is 23.8 Å². The van der Waals surface area contributed by atoms with Crippen LogP contribution in [0.4, 0.5) is 0 Å². The van der Waals surface area contributed by atoms with E-state index in [1.54, 1.807) is 21.3 Å². The lowest BCUT2D eigenvalue weighted by Gasteiger charge is -2.27. The fourth-order valence-corrected chi connectivity index (χ4v) is 2.61. The summed E-state index contributed by atoms with van der Waals surface area (Å²) in [4.78, 5) is 4.30. The molecule has 0 saturated heterocycles. The molecule has 1 rings (SSSR count). The Balaban J connectivity index is 2.49. The van der Waals surface area contributed by atoms with Crippen LogP contribution in [0.1, 0.15) is 45.6 Å². The summed E-state index contributed by atoms with van der Waals surface area (Å²) in [5.74, 6) is 2.29. The number of hydrogen-bond acceptors (Lipinski definition) is 4. The quantitative estimate of drug-likeness (QED) is 0.331. The van der Waals surface area contributed by atoms with E-state index in [-0.39, 0.29) is 5.41 Å². The molecular weight excluding hydrogens is 342 g/mol. The lowest BCUT2D eigenvalue weighted by atomic mass is 9.84. The Morgan fingerprint density at radius 2 is 1.74 bits per heavy atom. The number of ether oxygens (including phenoxy) is 3. The topological polar surface area (TPSA) is 64.1 Å². The van der Waals surface area contributed by atoms with Crippen LogP contribution in [0.5, 0.6) is 11.5 Å². The van der Waals surface area contributed by atoms with Crippen molar-refractivity contribution >= 4 is 5.96 Å². The van der Waals surface area contributed by atoms with Crippen LogP contribution >= 0.6 is 0 Å². The molecule has 6 heteroatoms. The van der Waals surface area contributed by atoms with Crippen molar-refractivity contribution in [2.75, 3.05) is 47.6 Å². The van der Waals surface area contributed by atoms with Crippen molar-refractivity contribution < 1.29 is 14.2 Å². The van der Waals surface area contributed by atoms with Crippen molar-refractivity contribution in [3.8, 4) is 11.5 Å². The molecule has 0 amide bonds. The highest BCUT2D eigenvalue weighted by molar-refractivity contribution is 5.79. The van der Waals surface area contributed by atoms with Gasteiger partial charge in [0.2, 0.25) is 0 Å². The average molecular weight is 380 g/mol. The van der Waals surface area contributed by atoms with E-state index in [0.29, 0.717) is 0 Å². The second-order valence-electron chi connectivity index (χ2n) is 7.13. The number of methoxy groups -OCH3 is 2. The number of benzene rings is 1. The molecule has 0 aliphatic heterocycles. The minimum absolute atomic E-state index is 0.0968. The zero-order chi connectivity index (χ0) is 20.1. The minimum atomic E-state index is -0.0968. The third kappa shape index (κ3) is 8.08. The van der Waals surface area contributed by atoms with Crippen LogP contribution in [0.2, 0.25) is 0 Å². The minimum Gasteiger partial charge on any atom is -0.493 e. The van der Waals surface area contributed by atoms with E-state index in [9.17, 15) is 0 Å². The molecule has 0 heterocycles. The van der Waals surface area contributed by atoms with Crippen LogP contribution in [0, 0.1) is 0 Å². The Bertz CT molecular complexity index is 574. The fourth-order valence-electron chi connectivity index (χ4n) is 2.61. The molecule has 0 aromatic heterocycles. The first kappa shape index (κ1) is 23.1. The predicted molar refractivity (Wildman–Crippen MR) is 112 cm³/mol. The molecule has 27 heavy (non-hydrogen) atoms. The Morgan fingerprint density at radius 3 is 2.37 bits per heavy atom. The Hall–Kier alpha value is -1.95. The van der Waals surface area contributed by atoms with Crippen LogP contribution in [-0.4, -0.2) is 53.5 Å². The van der Waals surface area contributed by atoms with Gasteiger partial charge in [-0.25, -0.2) is 0 Å². The van der Waals surface area contributed by atoms with Gasteiger partial charge in [0, 0.05) is 38.8 Å². The Morgan fingerprint density at radius 1 is 1.04 bits per heavy atom. The summed E-state index contributed by atoms with van der Waals surface area (Å²) in [6, 6.07) is 6.05. The van der Waals surface area contributed by atoms with Crippen LogP contribution < -0.4 is 20.1 Å². The lowest BCUT2D eigenvalue weighted by molar-refractivity contribution is 0.129. The number of rotatable bonds is 12. The van der Waals surface area contributed by atoms with E-state index in [2.05, 4.69) is 42.5 Å². The molecule has 154 valence electrons. The van der Waals surface area contributed by atoms with Gasteiger partial charge >= 0.3 is 0 Å². The molecule has 6 nitrogen and oxygen atoms in total. The van der Waals surface area contributed by atoms with Gasteiger partial charge in [-0.3, -0.25) is 4.99 Å². The summed E-state index contributed by atoms with van der Waals surface area (Å²) < 4.78 is 16.3. The maximum Gasteiger partial charge on any atom is 0.191 e. The third-order valence-electron chi connectivity index (χ3n) is 4.49. The fraction of sp³-hybridized carbons (Fsp3) is 0.667. The third-order valence-corrected chi connectivity index (χ3v) is 4.49. The molecule has 0 radical (unpaired) electrons. The summed E-state index contributed by atoms with van der Waals surface area (Å²) in [6.45, 7) is 9.76. The van der Waals surface area contributed by atoms with Gasteiger partial charge in [-0.05, 0) is 30.5 Å². The smallest absolute Gasteiger partial charge is 0.191 e. The first-order valence-electron chi connectivity index (χ1n) is 9.73. The van der Waals surface area contributed by atoms with Crippen LogP contribution in [0.25, 0.3) is 0 Å². The van der Waals surface area contributed by atoms with Gasteiger partial charge < -0.3 is 24.8 Å². The lowest BCUT2D eigenvalue weighted by Crippen LogP contribution is -2.43. The first-order valence-corrected chi connectivity index (χ1v) is 9.73. The summed E-state index contributed by atoms with van der Waals surface area (Å²) in [5.41, 5.74) is 1.08. The van der Waals surface area contributed by atoms with E-state index >= 15 is 0 Å². The van der Waals surface area contributed by atoms with E-state index < -0.39 is 0 Å². The van der Waals surface area contributed by atoms with Gasteiger partial charge in [0.25, 0.3) is 0 Å². The average Bonchev–Trinajstić information content (AvgIpc) is 2.68. The first-order chi connectivity index (χ1) is 13.0. The van der Waals surface area contributed by atoms with Gasteiger partial charge in [0.05, 0.1) is 14.2 Å². The highest BCUT2D eigenvalue weighted by atomic mass is 16.5. The van der Waals surface area contributed by atoms with E-state index in [0.717, 1.165) is 56.6 Å². The largest absolute Gasteiger partial charge is 0.493 e. The standard InChI is InChI=1S/C21H37N3O3/c1-7-8-13-27-14-9-12-23-20(22-4)24-16-21(2,3)17-10-11-18(25-5)19(15-17)26-6/h10-11,15H,7-9,12-14,16H2,1-6H3,(H2,22,23,24). The van der Waals surface area contributed by atoms with Crippen molar-refractivity contribution in [1.82, 2.24) is 10.6 Å². The van der Waals surface area contributed by atoms with E-state index in [4.69, 9.17) is 14.2 Å². The molecule has 0 aliphatic rings. The Kier molecular flexibility index (Phi) is 10.6. The molecule has 0 aliphatic carbocycles. The number of nitrogens with one attached hydrogen (secondary N) is 2. The van der Waals surface area contributed by atoms with Gasteiger partial charge in [0.1, 0.15) is 0 Å². The van der Waals surface area contributed by atoms with E-state index in [1.165, 1.54) is 12.0 Å². The maximum atomic E-state index is 5.58. The number of guanidine groups is 1. The summed E-state index contributed by atoms with van der Waals surface area (Å²) in [7, 11) is 5.09. The summed E-state index contributed by atoms with van der Waals surface area (Å²) >= 11 is 0. The zero-order valence-electron chi connectivity index (χ0n) is 17.9. The van der Waals surface area contributed by atoms with Gasteiger partial charge in [-0.15, -0.1) is 0 Å². The number of aliphatic imine (C=N–C) groups is 1. The van der Waals surface area contributed by atoms with Crippen LogP contribution in [0.15, 0.2) is 23.2 Å². The molecule has 0 spiro atoms. The second-order valence-corrected chi connectivity index (χ2v) is 7.13. The number of unbranched alkanes of at least 4 members (excludes halogenated alkanes) is 1. The molecule has 2 N–H and O–H groups in total. The molecular formula is C21H37N3O3. The molecule has 0 fully saturated rings. The monoisotopic (exact) mass is 379 g/mol. The molecule has 0 unspecified atom stereocenters. The molecule has 0 bridgehead atoms. The van der Waals surface area contributed by atoms with Crippen LogP contribution in [-0.2, 0) is 10.2 Å². The highest BCUT2D eigenvalue weighted by Gasteiger charge is 2.22. The van der Waals surface area contributed by atoms with Crippen molar-refractivity contribution in [2.24, 2.45) is 4.99 Å². The van der Waals surface area contributed by atoms with Crippen molar-refractivity contribution in [1.29, 1.82) is 0 Å². The summed E-state index contributed by atoms with van der Waals surface area (Å²) in [5, 5.41) is 6.75. The SMILES string of the molecule is CCCCOCCCNC(=NC)NCC(C)(C)c1ccc(OC)c(OC)c1. The normalized spacial score (nSPS) is 12.0.